The third kappa shape index (κ3) is 4.99. The van der Waals surface area contributed by atoms with Gasteiger partial charge >= 0.3 is 0 Å². The van der Waals surface area contributed by atoms with Crippen molar-refractivity contribution < 1.29 is 9.34 Å². The SMILES string of the molecule is CNCCCN(C)Cc1coc2cc(-c3cccc([N+](=O)[O-])c3)c(-c3ccc(C#N)cc3)cc12. The highest BCUT2D eigenvalue weighted by Crippen LogP contribution is 2.38. The molecule has 7 heteroatoms. The Morgan fingerprint density at radius 3 is 2.56 bits per heavy atom. The van der Waals surface area contributed by atoms with Crippen LogP contribution in [0.4, 0.5) is 5.69 Å². The van der Waals surface area contributed by atoms with E-state index in [9.17, 15) is 15.4 Å². The number of hydrogen-bond acceptors (Lipinski definition) is 6. The standard InChI is InChI=1S/C27H26N4O3/c1-29-11-4-12-30(2)17-22-18-34-27-15-25(21-5-3-6-23(13-21)31(32)33)24(14-26(22)27)20-9-7-19(16-28)8-10-20/h3,5-10,13-15,18,29H,4,11-12,17H2,1-2H3. The summed E-state index contributed by atoms with van der Waals surface area (Å²) in [5.41, 5.74) is 5.86. The van der Waals surface area contributed by atoms with Crippen molar-refractivity contribution in [2.75, 3.05) is 27.2 Å². The molecule has 34 heavy (non-hydrogen) atoms. The fourth-order valence-electron chi connectivity index (χ4n) is 4.13. The van der Waals surface area contributed by atoms with Gasteiger partial charge in [0.2, 0.25) is 0 Å². The molecule has 1 heterocycles. The van der Waals surface area contributed by atoms with Crippen molar-refractivity contribution in [2.24, 2.45) is 0 Å². The third-order valence-corrected chi connectivity index (χ3v) is 5.89. The van der Waals surface area contributed by atoms with Gasteiger partial charge in [-0.25, -0.2) is 0 Å². The number of nitriles is 1. The minimum atomic E-state index is -0.391. The van der Waals surface area contributed by atoms with Gasteiger partial charge in [0.25, 0.3) is 5.69 Å². The number of nitrogens with zero attached hydrogens (tertiary/aromatic N) is 3. The number of nitrogens with one attached hydrogen (secondary N) is 1. The molecule has 0 aliphatic carbocycles. The molecule has 0 saturated heterocycles. The molecule has 0 atom stereocenters. The zero-order chi connectivity index (χ0) is 24.1. The minimum absolute atomic E-state index is 0.0340. The summed E-state index contributed by atoms with van der Waals surface area (Å²) in [6.45, 7) is 2.67. The van der Waals surface area contributed by atoms with Gasteiger partial charge < -0.3 is 14.6 Å². The summed E-state index contributed by atoms with van der Waals surface area (Å²) >= 11 is 0. The quantitative estimate of drug-likeness (QED) is 0.201. The summed E-state index contributed by atoms with van der Waals surface area (Å²) < 4.78 is 5.93. The molecule has 4 aromatic rings. The first-order valence-corrected chi connectivity index (χ1v) is 11.1. The number of hydrogen-bond donors (Lipinski definition) is 1. The van der Waals surface area contributed by atoms with Gasteiger partial charge in [-0.15, -0.1) is 0 Å². The van der Waals surface area contributed by atoms with E-state index in [4.69, 9.17) is 4.42 Å². The van der Waals surface area contributed by atoms with Gasteiger partial charge in [-0.1, -0.05) is 24.3 Å². The number of benzene rings is 3. The van der Waals surface area contributed by atoms with E-state index in [1.807, 2.05) is 31.3 Å². The van der Waals surface area contributed by atoms with Crippen molar-refractivity contribution >= 4 is 16.7 Å². The molecule has 1 N–H and O–H groups in total. The second kappa shape index (κ2) is 10.3. The Bertz CT molecular complexity index is 1350. The Morgan fingerprint density at radius 1 is 1.09 bits per heavy atom. The Morgan fingerprint density at radius 2 is 1.85 bits per heavy atom. The summed E-state index contributed by atoms with van der Waals surface area (Å²) in [5, 5.41) is 24.7. The predicted octanol–water partition coefficient (Wildman–Crippen LogP) is 5.59. The summed E-state index contributed by atoms with van der Waals surface area (Å²) in [5.74, 6) is 0. The van der Waals surface area contributed by atoms with Crippen LogP contribution < -0.4 is 5.32 Å². The highest BCUT2D eigenvalue weighted by atomic mass is 16.6. The van der Waals surface area contributed by atoms with Crippen LogP contribution in [0.5, 0.6) is 0 Å². The van der Waals surface area contributed by atoms with Crippen molar-refractivity contribution in [1.29, 1.82) is 5.26 Å². The second-order valence-corrected chi connectivity index (χ2v) is 8.35. The number of fused-ring (bicyclic) bond motifs is 1. The molecule has 0 aliphatic heterocycles. The predicted molar refractivity (Wildman–Crippen MR) is 133 cm³/mol. The average molecular weight is 455 g/mol. The zero-order valence-corrected chi connectivity index (χ0v) is 19.2. The van der Waals surface area contributed by atoms with Gasteiger partial charge in [-0.3, -0.25) is 10.1 Å². The van der Waals surface area contributed by atoms with E-state index in [0.29, 0.717) is 5.56 Å². The Balaban J connectivity index is 1.81. The summed E-state index contributed by atoms with van der Waals surface area (Å²) in [6.07, 6.45) is 2.84. The molecule has 172 valence electrons. The Hall–Kier alpha value is -3.99. The third-order valence-electron chi connectivity index (χ3n) is 5.89. The van der Waals surface area contributed by atoms with Crippen LogP contribution in [0.3, 0.4) is 0 Å². The smallest absolute Gasteiger partial charge is 0.270 e. The number of rotatable bonds is 9. The summed E-state index contributed by atoms with van der Waals surface area (Å²) in [6, 6.07) is 20.2. The van der Waals surface area contributed by atoms with Gasteiger partial charge in [0.05, 0.1) is 22.8 Å². The van der Waals surface area contributed by atoms with Crippen LogP contribution >= 0.6 is 0 Å². The van der Waals surface area contributed by atoms with Gasteiger partial charge in [-0.2, -0.15) is 5.26 Å². The average Bonchev–Trinajstić information content (AvgIpc) is 3.25. The molecule has 4 rings (SSSR count). The lowest BCUT2D eigenvalue weighted by Crippen LogP contribution is -2.22. The zero-order valence-electron chi connectivity index (χ0n) is 19.2. The van der Waals surface area contributed by atoms with E-state index < -0.39 is 4.92 Å². The van der Waals surface area contributed by atoms with Crippen LogP contribution in [-0.4, -0.2) is 37.0 Å². The maximum atomic E-state index is 11.4. The number of non-ortho nitro benzene ring substituents is 1. The van der Waals surface area contributed by atoms with Crippen LogP contribution in [0.25, 0.3) is 33.2 Å². The van der Waals surface area contributed by atoms with Gasteiger partial charge in [0.1, 0.15) is 5.58 Å². The van der Waals surface area contributed by atoms with Crippen molar-refractivity contribution in [2.45, 2.75) is 13.0 Å². The number of nitro benzene ring substituents is 1. The second-order valence-electron chi connectivity index (χ2n) is 8.35. The summed E-state index contributed by atoms with van der Waals surface area (Å²) in [4.78, 5) is 13.2. The largest absolute Gasteiger partial charge is 0.464 e. The lowest BCUT2D eigenvalue weighted by Gasteiger charge is -2.16. The molecule has 0 spiro atoms. The van der Waals surface area contributed by atoms with E-state index in [0.717, 1.165) is 64.8 Å². The van der Waals surface area contributed by atoms with Gasteiger partial charge in [0.15, 0.2) is 0 Å². The first-order valence-electron chi connectivity index (χ1n) is 11.1. The normalized spacial score (nSPS) is 11.1. The van der Waals surface area contributed by atoms with Crippen molar-refractivity contribution in [1.82, 2.24) is 10.2 Å². The topological polar surface area (TPSA) is 95.3 Å². The first-order chi connectivity index (χ1) is 16.5. The van der Waals surface area contributed by atoms with Gasteiger partial charge in [-0.05, 0) is 80.1 Å². The Labute approximate surface area is 198 Å². The molecule has 0 radical (unpaired) electrons. The van der Waals surface area contributed by atoms with E-state index in [1.165, 1.54) is 6.07 Å². The molecule has 0 unspecified atom stereocenters. The minimum Gasteiger partial charge on any atom is -0.464 e. The monoisotopic (exact) mass is 454 g/mol. The number of furan rings is 1. The Kier molecular flexibility index (Phi) is 7.02. The highest BCUT2D eigenvalue weighted by molar-refractivity contribution is 5.96. The van der Waals surface area contributed by atoms with Crippen molar-refractivity contribution in [3.63, 3.8) is 0 Å². The molecule has 0 amide bonds. The first kappa shape index (κ1) is 23.2. The molecule has 0 fully saturated rings. The fourth-order valence-corrected chi connectivity index (χ4v) is 4.13. The maximum absolute atomic E-state index is 11.4. The molecule has 0 saturated carbocycles. The lowest BCUT2D eigenvalue weighted by molar-refractivity contribution is -0.384. The molecule has 0 aliphatic rings. The van der Waals surface area contributed by atoms with E-state index in [2.05, 4.69) is 29.4 Å². The van der Waals surface area contributed by atoms with Crippen LogP contribution in [0.1, 0.15) is 17.5 Å². The van der Waals surface area contributed by atoms with Crippen molar-refractivity contribution in [3.05, 3.63) is 88.2 Å². The van der Waals surface area contributed by atoms with Crippen LogP contribution in [0, 0.1) is 21.4 Å². The molecular weight excluding hydrogens is 428 g/mol. The number of nitro groups is 1. The van der Waals surface area contributed by atoms with Crippen LogP contribution in [-0.2, 0) is 6.54 Å². The molecule has 0 bridgehead atoms. The lowest BCUT2D eigenvalue weighted by atomic mass is 9.92. The molecule has 1 aromatic heterocycles. The van der Waals surface area contributed by atoms with E-state index >= 15 is 0 Å². The van der Waals surface area contributed by atoms with Crippen LogP contribution in [0.15, 0.2) is 71.3 Å². The van der Waals surface area contributed by atoms with Crippen molar-refractivity contribution in [3.8, 4) is 28.3 Å². The molecule has 7 nitrogen and oxygen atoms in total. The summed E-state index contributed by atoms with van der Waals surface area (Å²) in [7, 11) is 4.04. The van der Waals surface area contributed by atoms with Crippen LogP contribution in [0.2, 0.25) is 0 Å². The van der Waals surface area contributed by atoms with E-state index in [1.54, 1.807) is 30.5 Å². The molecule has 3 aromatic carbocycles. The maximum Gasteiger partial charge on any atom is 0.270 e. The highest BCUT2D eigenvalue weighted by Gasteiger charge is 2.17. The fraction of sp³-hybridized carbons (Fsp3) is 0.222. The van der Waals surface area contributed by atoms with E-state index in [-0.39, 0.29) is 5.69 Å². The van der Waals surface area contributed by atoms with Gasteiger partial charge in [0, 0.05) is 29.6 Å². The molecular formula is C27H26N4O3.